The maximum Gasteiger partial charge on any atom is 0.191 e. The van der Waals surface area contributed by atoms with Crippen molar-refractivity contribution in [1.82, 2.24) is 15.5 Å². The van der Waals surface area contributed by atoms with Gasteiger partial charge in [-0.25, -0.2) is 4.39 Å². The van der Waals surface area contributed by atoms with E-state index in [-0.39, 0.29) is 41.3 Å². The maximum atomic E-state index is 14.0. The Morgan fingerprint density at radius 3 is 2.58 bits per heavy atom. The van der Waals surface area contributed by atoms with Crippen molar-refractivity contribution in [3.8, 4) is 5.75 Å². The molecule has 2 fully saturated rings. The zero-order valence-corrected chi connectivity index (χ0v) is 23.2. The van der Waals surface area contributed by atoms with Crippen LogP contribution in [0.2, 0.25) is 0 Å². The number of rotatable bonds is 6. The van der Waals surface area contributed by atoms with Crippen LogP contribution in [0.15, 0.2) is 23.2 Å². The molecule has 2 aliphatic heterocycles. The van der Waals surface area contributed by atoms with Crippen molar-refractivity contribution in [1.29, 1.82) is 0 Å². The van der Waals surface area contributed by atoms with Gasteiger partial charge < -0.3 is 20.1 Å². The molecule has 2 unspecified atom stereocenters. The average molecular weight is 577 g/mol. The first-order valence-corrected chi connectivity index (χ1v) is 11.9. The quantitative estimate of drug-likeness (QED) is 0.299. The fourth-order valence-electron chi connectivity index (χ4n) is 4.93. The van der Waals surface area contributed by atoms with E-state index in [2.05, 4.69) is 41.3 Å². The minimum Gasteiger partial charge on any atom is -0.494 e. The molecule has 0 spiro atoms. The summed E-state index contributed by atoms with van der Waals surface area (Å²) in [7, 11) is 3.33. The van der Waals surface area contributed by atoms with Gasteiger partial charge in [-0.3, -0.25) is 9.89 Å². The Bertz CT molecular complexity index is 763. The zero-order chi connectivity index (χ0) is 23.1. The van der Waals surface area contributed by atoms with Crippen LogP contribution in [0, 0.1) is 17.2 Å². The number of piperidine rings is 1. The molecule has 2 N–H and O–H groups in total. The first-order valence-electron chi connectivity index (χ1n) is 11.9. The van der Waals surface area contributed by atoms with Crippen molar-refractivity contribution >= 4 is 29.9 Å². The highest BCUT2D eigenvalue weighted by Crippen LogP contribution is 2.33. The molecule has 33 heavy (non-hydrogen) atoms. The number of methoxy groups -OCH3 is 1. The number of hydrogen-bond acceptors (Lipinski definition) is 4. The topological polar surface area (TPSA) is 58.1 Å². The van der Waals surface area contributed by atoms with E-state index in [0.717, 1.165) is 63.6 Å². The van der Waals surface area contributed by atoms with Crippen LogP contribution in [0.5, 0.6) is 5.75 Å². The highest BCUT2D eigenvalue weighted by molar-refractivity contribution is 14.0. The molecule has 3 rings (SSSR count). The van der Waals surface area contributed by atoms with Crippen LogP contribution in [0.3, 0.4) is 0 Å². The molecule has 2 atom stereocenters. The van der Waals surface area contributed by atoms with Gasteiger partial charge in [0.25, 0.3) is 0 Å². The molecular formula is C25H42FIN4O2. The zero-order valence-electron chi connectivity index (χ0n) is 20.8. The molecule has 0 saturated carbocycles. The summed E-state index contributed by atoms with van der Waals surface area (Å²) in [6, 6.07) is 5.62. The van der Waals surface area contributed by atoms with Crippen LogP contribution in [0.1, 0.15) is 52.0 Å². The molecule has 0 radical (unpaired) electrons. The van der Waals surface area contributed by atoms with Crippen molar-refractivity contribution in [2.24, 2.45) is 16.3 Å². The van der Waals surface area contributed by atoms with E-state index in [1.807, 2.05) is 13.1 Å². The molecule has 8 heteroatoms. The second-order valence-electron chi connectivity index (χ2n) is 10.2. The molecule has 0 amide bonds. The summed E-state index contributed by atoms with van der Waals surface area (Å²) in [6.07, 6.45) is 4.66. The normalized spacial score (nSPS) is 23.0. The van der Waals surface area contributed by atoms with Crippen molar-refractivity contribution in [2.45, 2.75) is 65.1 Å². The summed E-state index contributed by atoms with van der Waals surface area (Å²) in [4.78, 5) is 6.83. The van der Waals surface area contributed by atoms with E-state index in [1.54, 1.807) is 12.1 Å². The van der Waals surface area contributed by atoms with Gasteiger partial charge >= 0.3 is 0 Å². The number of likely N-dealkylation sites (tertiary alicyclic amines) is 1. The molecule has 188 valence electrons. The van der Waals surface area contributed by atoms with Crippen LogP contribution in [-0.2, 0) is 11.3 Å². The number of ether oxygens (including phenoxy) is 2. The van der Waals surface area contributed by atoms with E-state index in [0.29, 0.717) is 17.7 Å². The molecule has 0 aromatic heterocycles. The number of hydrogen-bond donors (Lipinski definition) is 2. The minimum absolute atomic E-state index is 0. The number of halogens is 2. The Kier molecular flexibility index (Phi) is 11.2. The van der Waals surface area contributed by atoms with E-state index < -0.39 is 0 Å². The van der Waals surface area contributed by atoms with Gasteiger partial charge in [0.2, 0.25) is 0 Å². The van der Waals surface area contributed by atoms with Crippen molar-refractivity contribution in [2.75, 3.05) is 40.4 Å². The van der Waals surface area contributed by atoms with E-state index in [9.17, 15) is 4.39 Å². The largest absolute Gasteiger partial charge is 0.494 e. The Labute approximate surface area is 216 Å². The second kappa shape index (κ2) is 13.1. The Morgan fingerprint density at radius 1 is 1.24 bits per heavy atom. The van der Waals surface area contributed by atoms with Crippen molar-refractivity contribution in [3.05, 3.63) is 29.6 Å². The van der Waals surface area contributed by atoms with Crippen molar-refractivity contribution in [3.63, 3.8) is 0 Å². The van der Waals surface area contributed by atoms with E-state index in [4.69, 9.17) is 9.47 Å². The maximum absolute atomic E-state index is 14.0. The first-order chi connectivity index (χ1) is 15.3. The molecular weight excluding hydrogens is 534 g/mol. The summed E-state index contributed by atoms with van der Waals surface area (Å²) in [6.45, 7) is 11.2. The van der Waals surface area contributed by atoms with Crippen LogP contribution >= 0.6 is 24.0 Å². The van der Waals surface area contributed by atoms with Gasteiger partial charge in [0.15, 0.2) is 17.5 Å². The van der Waals surface area contributed by atoms with Crippen LogP contribution < -0.4 is 15.4 Å². The number of guanidine groups is 1. The lowest BCUT2D eigenvalue weighted by Gasteiger charge is -2.40. The first kappa shape index (κ1) is 28.1. The number of nitrogens with zero attached hydrogens (tertiary/aromatic N) is 2. The monoisotopic (exact) mass is 576 g/mol. The third-order valence-electron chi connectivity index (χ3n) is 6.60. The predicted molar refractivity (Wildman–Crippen MR) is 143 cm³/mol. The fraction of sp³-hybridized carbons (Fsp3) is 0.720. The summed E-state index contributed by atoms with van der Waals surface area (Å²) in [5, 5.41) is 7.15. The predicted octanol–water partition coefficient (Wildman–Crippen LogP) is 4.42. The van der Waals surface area contributed by atoms with Crippen LogP contribution in [0.4, 0.5) is 4.39 Å². The lowest BCUT2D eigenvalue weighted by molar-refractivity contribution is -0.0835. The van der Waals surface area contributed by atoms with Gasteiger partial charge in [0.05, 0.1) is 13.2 Å². The highest BCUT2D eigenvalue weighted by Gasteiger charge is 2.35. The molecule has 0 aliphatic carbocycles. The van der Waals surface area contributed by atoms with Crippen molar-refractivity contribution < 1.29 is 13.9 Å². The van der Waals surface area contributed by atoms with E-state index >= 15 is 0 Å². The second-order valence-corrected chi connectivity index (χ2v) is 10.2. The van der Waals surface area contributed by atoms with Gasteiger partial charge in [-0.15, -0.1) is 24.0 Å². The van der Waals surface area contributed by atoms with Gasteiger partial charge in [-0.05, 0) is 48.8 Å². The fourth-order valence-corrected chi connectivity index (χ4v) is 4.93. The molecule has 6 nitrogen and oxygen atoms in total. The Morgan fingerprint density at radius 2 is 1.97 bits per heavy atom. The SMILES string of the molecule is CN=C(NCC1CCCOC1C(C)(C)C)NC1CCN(Cc2ccc(OC)c(F)c2)CC1.I. The molecule has 0 bridgehead atoms. The summed E-state index contributed by atoms with van der Waals surface area (Å²) < 4.78 is 25.1. The smallest absolute Gasteiger partial charge is 0.191 e. The van der Waals surface area contributed by atoms with Crippen LogP contribution in [0.25, 0.3) is 0 Å². The lowest BCUT2D eigenvalue weighted by atomic mass is 9.78. The standard InChI is InChI=1S/C25H41FN4O2.HI/c1-25(2,3)23-19(7-6-14-32-23)16-28-24(27-4)29-20-10-12-30(13-11-20)17-18-8-9-22(31-5)21(26)15-18;/h8-9,15,19-20,23H,6-7,10-14,16-17H2,1-5H3,(H2,27,28,29);1H. The summed E-state index contributed by atoms with van der Waals surface area (Å²) in [5.41, 5.74) is 1.12. The van der Waals surface area contributed by atoms with Gasteiger partial charge in [0.1, 0.15) is 0 Å². The Balaban J connectivity index is 0.00000385. The average Bonchev–Trinajstić information content (AvgIpc) is 2.77. The molecule has 1 aromatic carbocycles. The van der Waals surface area contributed by atoms with Gasteiger partial charge in [-0.2, -0.15) is 0 Å². The summed E-state index contributed by atoms with van der Waals surface area (Å²) >= 11 is 0. The highest BCUT2D eigenvalue weighted by atomic mass is 127. The third kappa shape index (κ3) is 8.24. The lowest BCUT2D eigenvalue weighted by Crippen LogP contribution is -2.51. The molecule has 2 heterocycles. The molecule has 2 aliphatic rings. The Hall–Kier alpha value is -1.13. The van der Waals surface area contributed by atoms with Crippen LogP contribution in [-0.4, -0.2) is 63.4 Å². The number of benzene rings is 1. The van der Waals surface area contributed by atoms with Gasteiger partial charge in [0, 0.05) is 51.8 Å². The number of aliphatic imine (C=N–C) groups is 1. The van der Waals surface area contributed by atoms with Gasteiger partial charge in [-0.1, -0.05) is 26.8 Å². The summed E-state index contributed by atoms with van der Waals surface area (Å²) in [5.74, 6) is 1.37. The minimum atomic E-state index is -0.298. The molecule has 2 saturated heterocycles. The number of nitrogens with one attached hydrogen (secondary N) is 2. The molecule has 1 aromatic rings. The van der Waals surface area contributed by atoms with E-state index in [1.165, 1.54) is 13.5 Å². The third-order valence-corrected chi connectivity index (χ3v) is 6.60.